The molecule has 6 nitrogen and oxygen atoms in total. The molecule has 1 aliphatic carbocycles. The Balaban J connectivity index is 1.46. The zero-order chi connectivity index (χ0) is 23.2. The summed E-state index contributed by atoms with van der Waals surface area (Å²) < 4.78 is 5.75. The molecule has 0 bridgehead atoms. The third kappa shape index (κ3) is 3.44. The number of fused-ring (bicyclic) bond motifs is 5. The average molecular weight is 455 g/mol. The van der Waals surface area contributed by atoms with Crippen molar-refractivity contribution in [2.45, 2.75) is 25.7 Å². The van der Waals surface area contributed by atoms with Crippen LogP contribution in [0.3, 0.4) is 0 Å². The molecule has 1 fully saturated rings. The number of carbonyl (C=O) groups excluding carboxylic acids is 1. The van der Waals surface area contributed by atoms with Crippen molar-refractivity contribution in [2.24, 2.45) is 0 Å². The Kier molecular flexibility index (Phi) is 5.26. The lowest BCUT2D eigenvalue weighted by molar-refractivity contribution is 0.0661. The van der Waals surface area contributed by atoms with E-state index in [1.54, 1.807) is 7.11 Å². The first kappa shape index (κ1) is 21.2. The lowest BCUT2D eigenvalue weighted by Crippen LogP contribution is -2.47. The molecule has 1 saturated heterocycles. The van der Waals surface area contributed by atoms with Crippen LogP contribution in [0.1, 0.15) is 34.3 Å². The molecule has 4 aromatic rings. The molecule has 0 spiro atoms. The van der Waals surface area contributed by atoms with Crippen LogP contribution in [-0.4, -0.2) is 66.2 Å². The highest BCUT2D eigenvalue weighted by Crippen LogP contribution is 2.41. The number of rotatable bonds is 3. The largest absolute Gasteiger partial charge is 0.496 e. The number of H-pyrrole nitrogens is 1. The number of hydrogen-bond acceptors (Lipinski definition) is 4. The van der Waals surface area contributed by atoms with E-state index >= 15 is 0 Å². The number of nitrogens with zero attached hydrogens (tertiary/aromatic N) is 3. The van der Waals surface area contributed by atoms with E-state index in [2.05, 4.69) is 52.5 Å². The summed E-state index contributed by atoms with van der Waals surface area (Å²) >= 11 is 0. The Morgan fingerprint density at radius 3 is 2.59 bits per heavy atom. The third-order valence-electron chi connectivity index (χ3n) is 7.58. The van der Waals surface area contributed by atoms with Gasteiger partial charge in [-0.25, -0.2) is 0 Å². The van der Waals surface area contributed by atoms with Gasteiger partial charge >= 0.3 is 0 Å². The number of piperazine rings is 1. The first-order valence-electron chi connectivity index (χ1n) is 12.2. The number of likely N-dealkylation sites (N-methyl/N-ethyl adjacent to an activating group) is 1. The minimum Gasteiger partial charge on any atom is -0.496 e. The second-order valence-corrected chi connectivity index (χ2v) is 9.59. The Bertz CT molecular complexity index is 1400. The molecule has 1 aromatic heterocycles. The van der Waals surface area contributed by atoms with Crippen molar-refractivity contribution in [3.05, 3.63) is 59.3 Å². The Morgan fingerprint density at radius 1 is 1.00 bits per heavy atom. The van der Waals surface area contributed by atoms with Crippen molar-refractivity contribution in [3.63, 3.8) is 0 Å². The molecule has 2 aliphatic rings. The highest BCUT2D eigenvalue weighted by atomic mass is 16.5. The Morgan fingerprint density at radius 2 is 1.79 bits per heavy atom. The normalized spacial score (nSPS) is 16.7. The number of aromatic nitrogens is 2. The average Bonchev–Trinajstić information content (AvgIpc) is 3.37. The van der Waals surface area contributed by atoms with E-state index in [9.17, 15) is 4.79 Å². The number of methoxy groups -OCH3 is 1. The van der Waals surface area contributed by atoms with Crippen LogP contribution in [-0.2, 0) is 12.8 Å². The molecule has 174 valence electrons. The number of ether oxygens (including phenoxy) is 1. The minimum absolute atomic E-state index is 0.0550. The molecule has 1 N–H and O–H groups in total. The molecule has 0 saturated carbocycles. The molecule has 6 heteroatoms. The molecular weight excluding hydrogens is 424 g/mol. The number of nitrogens with one attached hydrogen (secondary N) is 1. The maximum atomic E-state index is 13.3. The van der Waals surface area contributed by atoms with Crippen molar-refractivity contribution >= 4 is 27.6 Å². The fourth-order valence-electron chi connectivity index (χ4n) is 5.69. The van der Waals surface area contributed by atoms with Crippen LogP contribution < -0.4 is 4.74 Å². The van der Waals surface area contributed by atoms with E-state index in [-0.39, 0.29) is 5.91 Å². The summed E-state index contributed by atoms with van der Waals surface area (Å²) in [7, 11) is 3.75. The van der Waals surface area contributed by atoms with Crippen molar-refractivity contribution in [1.29, 1.82) is 0 Å². The van der Waals surface area contributed by atoms with Crippen LogP contribution in [0.4, 0.5) is 0 Å². The number of aryl methyl sites for hydroxylation is 1. The smallest absolute Gasteiger partial charge is 0.257 e. The number of hydrogen-bond donors (Lipinski definition) is 1. The quantitative estimate of drug-likeness (QED) is 0.489. The van der Waals surface area contributed by atoms with Gasteiger partial charge in [0.1, 0.15) is 5.75 Å². The van der Waals surface area contributed by atoms with Gasteiger partial charge in [0.25, 0.3) is 5.91 Å². The number of carbonyl (C=O) groups is 1. The summed E-state index contributed by atoms with van der Waals surface area (Å²) in [4.78, 5) is 17.4. The molecule has 1 aliphatic heterocycles. The van der Waals surface area contributed by atoms with Gasteiger partial charge in [-0.05, 0) is 90.0 Å². The topological polar surface area (TPSA) is 61.5 Å². The first-order chi connectivity index (χ1) is 16.6. The molecular formula is C28H30N4O2. The van der Waals surface area contributed by atoms with Gasteiger partial charge in [-0.15, -0.1) is 0 Å². The van der Waals surface area contributed by atoms with Gasteiger partial charge in [0.15, 0.2) is 0 Å². The molecule has 1 amide bonds. The lowest BCUT2D eigenvalue weighted by atomic mass is 9.81. The van der Waals surface area contributed by atoms with Gasteiger partial charge in [0.2, 0.25) is 0 Å². The first-order valence-corrected chi connectivity index (χ1v) is 12.2. The van der Waals surface area contributed by atoms with Crippen molar-refractivity contribution in [2.75, 3.05) is 40.3 Å². The minimum atomic E-state index is 0.0550. The molecule has 6 rings (SSSR count). The standard InChI is InChI=1S/C28H30N4O2/c1-31-11-13-32(14-12-31)28(33)22-9-7-18(16-26(22)34-2)23-15-19-8-10-25-24(17-29-30-25)27(19)21-6-4-3-5-20(21)23/h7-10,15-17H,3-6,11-14H2,1-2H3,(H,29,30). The van der Waals surface area contributed by atoms with Crippen molar-refractivity contribution in [3.8, 4) is 16.9 Å². The van der Waals surface area contributed by atoms with E-state index in [0.29, 0.717) is 11.3 Å². The Labute approximate surface area is 199 Å². The van der Waals surface area contributed by atoms with Gasteiger partial charge in [-0.3, -0.25) is 9.89 Å². The van der Waals surface area contributed by atoms with E-state index in [1.807, 2.05) is 17.2 Å². The monoisotopic (exact) mass is 454 g/mol. The number of aromatic amines is 1. The van der Waals surface area contributed by atoms with E-state index in [1.165, 1.54) is 45.7 Å². The van der Waals surface area contributed by atoms with Crippen LogP contribution in [0.25, 0.3) is 32.8 Å². The third-order valence-corrected chi connectivity index (χ3v) is 7.58. The summed E-state index contributed by atoms with van der Waals surface area (Å²) in [5.74, 6) is 0.704. The summed E-state index contributed by atoms with van der Waals surface area (Å²) in [6.45, 7) is 3.31. The summed E-state index contributed by atoms with van der Waals surface area (Å²) in [6.07, 6.45) is 6.51. The van der Waals surface area contributed by atoms with Crippen molar-refractivity contribution < 1.29 is 9.53 Å². The van der Waals surface area contributed by atoms with Crippen LogP contribution in [0.5, 0.6) is 5.75 Å². The molecule has 0 unspecified atom stereocenters. The zero-order valence-electron chi connectivity index (χ0n) is 19.9. The van der Waals surface area contributed by atoms with E-state index < -0.39 is 0 Å². The lowest BCUT2D eigenvalue weighted by Gasteiger charge is -2.32. The fraction of sp³-hybridized carbons (Fsp3) is 0.357. The predicted molar refractivity (Wildman–Crippen MR) is 136 cm³/mol. The molecule has 2 heterocycles. The number of benzene rings is 3. The number of amides is 1. The molecule has 0 radical (unpaired) electrons. The SMILES string of the molecule is COc1cc(-c2cc3ccc4[nH]ncc4c3c3c2CCCC3)ccc1C(=O)N1CCN(C)CC1. The van der Waals surface area contributed by atoms with Gasteiger partial charge in [-0.1, -0.05) is 12.1 Å². The summed E-state index contributed by atoms with van der Waals surface area (Å²) in [5, 5.41) is 11.2. The van der Waals surface area contributed by atoms with Crippen LogP contribution in [0.2, 0.25) is 0 Å². The Hall–Kier alpha value is -3.38. The molecule has 34 heavy (non-hydrogen) atoms. The maximum Gasteiger partial charge on any atom is 0.257 e. The van der Waals surface area contributed by atoms with Crippen LogP contribution in [0.15, 0.2) is 42.6 Å². The second-order valence-electron chi connectivity index (χ2n) is 9.59. The fourth-order valence-corrected chi connectivity index (χ4v) is 5.69. The van der Waals surface area contributed by atoms with Gasteiger partial charge in [0.05, 0.1) is 24.4 Å². The van der Waals surface area contributed by atoms with Crippen LogP contribution >= 0.6 is 0 Å². The van der Waals surface area contributed by atoms with E-state index in [4.69, 9.17) is 4.74 Å². The predicted octanol–water partition coefficient (Wildman–Crippen LogP) is 4.66. The highest BCUT2D eigenvalue weighted by Gasteiger charge is 2.25. The summed E-state index contributed by atoms with van der Waals surface area (Å²) in [6, 6.07) is 12.7. The van der Waals surface area contributed by atoms with E-state index in [0.717, 1.165) is 50.1 Å². The van der Waals surface area contributed by atoms with Crippen LogP contribution in [0, 0.1) is 0 Å². The van der Waals surface area contributed by atoms with Gasteiger partial charge in [-0.2, -0.15) is 5.10 Å². The zero-order valence-corrected chi connectivity index (χ0v) is 19.9. The van der Waals surface area contributed by atoms with Gasteiger partial charge < -0.3 is 14.5 Å². The van der Waals surface area contributed by atoms with Gasteiger partial charge in [0, 0.05) is 31.6 Å². The summed E-state index contributed by atoms with van der Waals surface area (Å²) in [5.41, 5.74) is 6.96. The molecule has 3 aromatic carbocycles. The second kappa shape index (κ2) is 8.44. The molecule has 0 atom stereocenters. The maximum absolute atomic E-state index is 13.3. The van der Waals surface area contributed by atoms with Crippen molar-refractivity contribution in [1.82, 2.24) is 20.0 Å². The highest BCUT2D eigenvalue weighted by molar-refractivity contribution is 6.10.